The molecule has 2 aliphatic heterocycles. The van der Waals surface area contributed by atoms with Crippen molar-refractivity contribution in [2.75, 3.05) is 52.9 Å². The molecule has 0 saturated carbocycles. The van der Waals surface area contributed by atoms with E-state index in [2.05, 4.69) is 11.9 Å². The van der Waals surface area contributed by atoms with Crippen LogP contribution in [0.3, 0.4) is 0 Å². The SMILES string of the molecule is CN1CCN(C(=O)CCN2CCC[C@@](O)(C(N)=O)C2)CC1. The molecule has 2 amide bonds. The van der Waals surface area contributed by atoms with Crippen molar-refractivity contribution in [2.24, 2.45) is 5.73 Å². The van der Waals surface area contributed by atoms with Crippen molar-refractivity contribution in [3.05, 3.63) is 0 Å². The van der Waals surface area contributed by atoms with Gasteiger partial charge >= 0.3 is 0 Å². The second-order valence-corrected chi connectivity index (χ2v) is 6.21. The number of piperidine rings is 1. The van der Waals surface area contributed by atoms with E-state index >= 15 is 0 Å². The topological polar surface area (TPSA) is 90.1 Å². The maximum Gasteiger partial charge on any atom is 0.250 e. The van der Waals surface area contributed by atoms with Crippen molar-refractivity contribution in [1.29, 1.82) is 0 Å². The highest BCUT2D eigenvalue weighted by Gasteiger charge is 2.38. The Kier molecular flexibility index (Phi) is 5.18. The molecule has 0 unspecified atom stereocenters. The number of primary amides is 1. The highest BCUT2D eigenvalue weighted by atomic mass is 16.3. The molecule has 0 spiro atoms. The van der Waals surface area contributed by atoms with Crippen LogP contribution in [0.2, 0.25) is 0 Å². The lowest BCUT2D eigenvalue weighted by Crippen LogP contribution is -2.56. The first-order valence-corrected chi connectivity index (χ1v) is 7.62. The number of nitrogens with two attached hydrogens (primary N) is 1. The van der Waals surface area contributed by atoms with Crippen molar-refractivity contribution in [3.63, 3.8) is 0 Å². The summed E-state index contributed by atoms with van der Waals surface area (Å²) in [5.41, 5.74) is 3.82. The van der Waals surface area contributed by atoms with Crippen molar-refractivity contribution in [1.82, 2.24) is 14.7 Å². The molecule has 0 aromatic rings. The predicted molar refractivity (Wildman–Crippen MR) is 78.5 cm³/mol. The Labute approximate surface area is 125 Å². The second-order valence-electron chi connectivity index (χ2n) is 6.21. The summed E-state index contributed by atoms with van der Waals surface area (Å²) in [6, 6.07) is 0. The first kappa shape index (κ1) is 16.2. The van der Waals surface area contributed by atoms with Crippen molar-refractivity contribution in [3.8, 4) is 0 Å². The van der Waals surface area contributed by atoms with Gasteiger partial charge in [0.1, 0.15) is 0 Å². The van der Waals surface area contributed by atoms with Crippen LogP contribution in [0.5, 0.6) is 0 Å². The van der Waals surface area contributed by atoms with Gasteiger partial charge in [-0.1, -0.05) is 0 Å². The fourth-order valence-corrected chi connectivity index (χ4v) is 2.98. The fourth-order valence-electron chi connectivity index (χ4n) is 2.98. The molecular formula is C14H26N4O3. The van der Waals surface area contributed by atoms with Crippen molar-refractivity contribution < 1.29 is 14.7 Å². The number of nitrogens with zero attached hydrogens (tertiary/aromatic N) is 3. The van der Waals surface area contributed by atoms with E-state index in [0.29, 0.717) is 19.4 Å². The first-order chi connectivity index (χ1) is 9.90. The van der Waals surface area contributed by atoms with Gasteiger partial charge in [0.2, 0.25) is 5.91 Å². The van der Waals surface area contributed by atoms with Crippen LogP contribution in [-0.4, -0.2) is 90.1 Å². The Bertz CT molecular complexity index is 396. The predicted octanol–water partition coefficient (Wildman–Crippen LogP) is -1.54. The average Bonchev–Trinajstić information content (AvgIpc) is 2.45. The van der Waals surface area contributed by atoms with Gasteiger partial charge in [0, 0.05) is 45.7 Å². The molecule has 2 saturated heterocycles. The molecule has 0 bridgehead atoms. The number of likely N-dealkylation sites (tertiary alicyclic amines) is 1. The molecule has 0 radical (unpaired) electrons. The van der Waals surface area contributed by atoms with E-state index < -0.39 is 11.5 Å². The molecule has 0 aromatic carbocycles. The monoisotopic (exact) mass is 298 g/mol. The van der Waals surface area contributed by atoms with Crippen LogP contribution >= 0.6 is 0 Å². The lowest BCUT2D eigenvalue weighted by Gasteiger charge is -2.37. The molecule has 120 valence electrons. The Hall–Kier alpha value is -1.18. The minimum Gasteiger partial charge on any atom is -0.379 e. The summed E-state index contributed by atoms with van der Waals surface area (Å²) in [6.45, 7) is 4.99. The van der Waals surface area contributed by atoms with E-state index in [1.54, 1.807) is 0 Å². The van der Waals surface area contributed by atoms with Crippen LogP contribution in [0.15, 0.2) is 0 Å². The molecule has 1 atom stereocenters. The molecule has 2 heterocycles. The molecule has 2 aliphatic rings. The largest absolute Gasteiger partial charge is 0.379 e. The van der Waals surface area contributed by atoms with E-state index in [9.17, 15) is 14.7 Å². The number of aliphatic hydroxyl groups is 1. The number of β-amino-alcohol motifs (C(OH)–C–C–N with tert-alkyl or cyclic N) is 1. The molecule has 7 nitrogen and oxygen atoms in total. The zero-order valence-electron chi connectivity index (χ0n) is 12.8. The number of carbonyl (C=O) groups excluding carboxylic acids is 2. The summed E-state index contributed by atoms with van der Waals surface area (Å²) in [7, 11) is 2.06. The highest BCUT2D eigenvalue weighted by molar-refractivity contribution is 5.83. The number of amides is 2. The normalized spacial score (nSPS) is 28.6. The minimum absolute atomic E-state index is 0.149. The Morgan fingerprint density at radius 3 is 2.48 bits per heavy atom. The van der Waals surface area contributed by atoms with Crippen LogP contribution in [0.4, 0.5) is 0 Å². The van der Waals surface area contributed by atoms with Crippen LogP contribution < -0.4 is 5.73 Å². The highest BCUT2D eigenvalue weighted by Crippen LogP contribution is 2.21. The van der Waals surface area contributed by atoms with E-state index in [0.717, 1.165) is 39.1 Å². The third-order valence-corrected chi connectivity index (χ3v) is 4.51. The summed E-state index contributed by atoms with van der Waals surface area (Å²) in [5.74, 6) is -0.520. The molecule has 0 aliphatic carbocycles. The average molecular weight is 298 g/mol. The number of likely N-dealkylation sites (N-methyl/N-ethyl adjacent to an activating group) is 1. The lowest BCUT2D eigenvalue weighted by atomic mass is 9.92. The standard InChI is InChI=1S/C14H26N4O3/c1-16-7-9-18(10-8-16)12(19)3-6-17-5-2-4-14(21,11-17)13(15)20/h21H,2-11H2,1H3,(H2,15,20)/t14-/m0/s1. The van der Waals surface area contributed by atoms with Gasteiger partial charge in [-0.25, -0.2) is 0 Å². The van der Waals surface area contributed by atoms with Gasteiger partial charge in [-0.2, -0.15) is 0 Å². The number of rotatable bonds is 4. The summed E-state index contributed by atoms with van der Waals surface area (Å²) in [5, 5.41) is 10.1. The molecule has 21 heavy (non-hydrogen) atoms. The number of hydrogen-bond acceptors (Lipinski definition) is 5. The lowest BCUT2D eigenvalue weighted by molar-refractivity contribution is -0.142. The van der Waals surface area contributed by atoms with Crippen molar-refractivity contribution >= 4 is 11.8 Å². The quantitative estimate of drug-likeness (QED) is 0.657. The van der Waals surface area contributed by atoms with Crippen LogP contribution in [-0.2, 0) is 9.59 Å². The molecular weight excluding hydrogens is 272 g/mol. The van der Waals surface area contributed by atoms with Gasteiger partial charge in [-0.3, -0.25) is 14.5 Å². The summed E-state index contributed by atoms with van der Waals surface area (Å²) >= 11 is 0. The van der Waals surface area contributed by atoms with E-state index in [1.165, 1.54) is 0 Å². The fraction of sp³-hybridized carbons (Fsp3) is 0.857. The zero-order valence-corrected chi connectivity index (χ0v) is 12.8. The van der Waals surface area contributed by atoms with Gasteiger partial charge < -0.3 is 20.6 Å². The van der Waals surface area contributed by atoms with E-state index in [-0.39, 0.29) is 12.5 Å². The second kappa shape index (κ2) is 6.72. The van der Waals surface area contributed by atoms with Crippen LogP contribution in [0.1, 0.15) is 19.3 Å². The van der Waals surface area contributed by atoms with Gasteiger partial charge in [0.05, 0.1) is 0 Å². The maximum absolute atomic E-state index is 12.2. The number of hydrogen-bond donors (Lipinski definition) is 2. The smallest absolute Gasteiger partial charge is 0.250 e. The molecule has 0 aromatic heterocycles. The van der Waals surface area contributed by atoms with E-state index in [1.807, 2.05) is 9.80 Å². The van der Waals surface area contributed by atoms with Gasteiger partial charge in [-0.05, 0) is 26.4 Å². The molecule has 7 heteroatoms. The summed E-state index contributed by atoms with van der Waals surface area (Å²) in [6.07, 6.45) is 1.56. The van der Waals surface area contributed by atoms with Gasteiger partial charge in [-0.15, -0.1) is 0 Å². The maximum atomic E-state index is 12.2. The van der Waals surface area contributed by atoms with E-state index in [4.69, 9.17) is 5.73 Å². The number of carbonyl (C=O) groups is 2. The number of piperazine rings is 1. The van der Waals surface area contributed by atoms with Gasteiger partial charge in [0.15, 0.2) is 5.60 Å². The van der Waals surface area contributed by atoms with Crippen LogP contribution in [0, 0.1) is 0 Å². The Morgan fingerprint density at radius 2 is 1.86 bits per heavy atom. The minimum atomic E-state index is -1.44. The first-order valence-electron chi connectivity index (χ1n) is 7.62. The van der Waals surface area contributed by atoms with Crippen LogP contribution in [0.25, 0.3) is 0 Å². The summed E-state index contributed by atoms with van der Waals surface area (Å²) < 4.78 is 0. The molecule has 3 N–H and O–H groups in total. The van der Waals surface area contributed by atoms with Gasteiger partial charge in [0.25, 0.3) is 5.91 Å². The molecule has 2 fully saturated rings. The zero-order chi connectivity index (χ0) is 15.5. The Morgan fingerprint density at radius 1 is 1.19 bits per heavy atom. The third-order valence-electron chi connectivity index (χ3n) is 4.51. The van der Waals surface area contributed by atoms with Crippen molar-refractivity contribution in [2.45, 2.75) is 24.9 Å². The Balaban J connectivity index is 1.77. The third kappa shape index (κ3) is 4.15. The molecule has 2 rings (SSSR count). The summed E-state index contributed by atoms with van der Waals surface area (Å²) in [4.78, 5) is 29.5.